The van der Waals surface area contributed by atoms with Crippen molar-refractivity contribution in [2.24, 2.45) is 10.3 Å². The third-order valence-electron chi connectivity index (χ3n) is 8.99. The lowest BCUT2D eigenvalue weighted by Crippen LogP contribution is -2.71. The summed E-state index contributed by atoms with van der Waals surface area (Å²) in [7, 11) is 0. The highest BCUT2D eigenvalue weighted by Crippen LogP contribution is 2.42. The van der Waals surface area contributed by atoms with Gasteiger partial charge in [0.15, 0.2) is 10.8 Å². The zero-order valence-corrected chi connectivity index (χ0v) is 33.3. The monoisotopic (exact) mass is 808 g/mol. The predicted molar refractivity (Wildman–Crippen MR) is 216 cm³/mol. The fourth-order valence-electron chi connectivity index (χ4n) is 6.32. The van der Waals surface area contributed by atoms with Crippen molar-refractivity contribution in [1.82, 2.24) is 15.2 Å². The summed E-state index contributed by atoms with van der Waals surface area (Å²) in [6.07, 6.45) is 0. The second-order valence-corrected chi connectivity index (χ2v) is 16.5. The summed E-state index contributed by atoms with van der Waals surface area (Å²) in [6.45, 7) is 7.80. The summed E-state index contributed by atoms with van der Waals surface area (Å²) in [5.41, 5.74) is 7.84. The van der Waals surface area contributed by atoms with Crippen molar-refractivity contribution in [3.05, 3.63) is 140 Å². The molecule has 0 saturated carbocycles. The molecule has 0 radical (unpaired) electrons. The lowest BCUT2D eigenvalue weighted by atomic mass is 9.77. The quantitative estimate of drug-likeness (QED) is 0.0186. The highest BCUT2D eigenvalue weighted by Gasteiger charge is 2.54. The molecule has 1 saturated heterocycles. The van der Waals surface area contributed by atoms with Crippen molar-refractivity contribution in [3.63, 3.8) is 0 Å². The third kappa shape index (κ3) is 8.50. The van der Waals surface area contributed by atoms with E-state index in [2.05, 4.69) is 25.8 Å². The van der Waals surface area contributed by atoms with E-state index >= 15 is 0 Å². The largest absolute Gasteiger partial charge is 0.477 e. The number of carbonyl (C=O) groups excluding carboxylic acids is 3. The van der Waals surface area contributed by atoms with Gasteiger partial charge < -0.3 is 25.3 Å². The van der Waals surface area contributed by atoms with Gasteiger partial charge in [-0.2, -0.15) is 0 Å². The smallest absolute Gasteiger partial charge is 0.353 e. The summed E-state index contributed by atoms with van der Waals surface area (Å²) in [5.74, 6) is -3.47. The van der Waals surface area contributed by atoms with Crippen LogP contribution >= 0.6 is 23.1 Å². The lowest BCUT2D eigenvalue weighted by Gasteiger charge is -2.49. The molecule has 6 rings (SSSR count). The molecule has 2 aliphatic rings. The number of esters is 1. The highest BCUT2D eigenvalue weighted by molar-refractivity contribution is 8.00. The average molecular weight is 809 g/mol. The van der Waals surface area contributed by atoms with E-state index in [1.54, 1.807) is 26.2 Å². The van der Waals surface area contributed by atoms with Gasteiger partial charge in [0.05, 0.1) is 6.54 Å². The first-order chi connectivity index (χ1) is 27.2. The third-order valence-corrected chi connectivity index (χ3v) is 11.1. The number of azide groups is 1. The summed E-state index contributed by atoms with van der Waals surface area (Å²) >= 11 is 2.42. The molecule has 0 bridgehead atoms. The number of hydrogen-bond donors (Lipinski definition) is 3. The maximum absolute atomic E-state index is 14.2. The number of thioether (sulfide) groups is 1. The van der Waals surface area contributed by atoms with Gasteiger partial charge in [-0.15, -0.1) is 23.1 Å². The molecule has 0 aliphatic carbocycles. The van der Waals surface area contributed by atoms with E-state index < -0.39 is 51.9 Å². The van der Waals surface area contributed by atoms with Crippen molar-refractivity contribution < 1.29 is 33.9 Å². The summed E-state index contributed by atoms with van der Waals surface area (Å²) in [5, 5.41) is 25.2. The summed E-state index contributed by atoms with van der Waals surface area (Å²) in [6, 6.07) is 28.5. The number of carbonyl (C=O) groups is 4. The maximum Gasteiger partial charge on any atom is 0.353 e. The normalized spacial score (nSPS) is 17.1. The molecule has 15 nitrogen and oxygen atoms in total. The Morgan fingerprint density at radius 2 is 1.51 bits per heavy atom. The number of benzene rings is 3. The van der Waals surface area contributed by atoms with E-state index in [0.717, 1.165) is 21.6 Å². The number of aromatic nitrogens is 1. The Morgan fingerprint density at radius 3 is 2.02 bits per heavy atom. The second-order valence-electron chi connectivity index (χ2n) is 14.6. The fraction of sp³-hybridized carbons (Fsp3) is 0.300. The zero-order chi connectivity index (χ0) is 41.0. The molecule has 1 aromatic heterocycles. The first-order valence-electron chi connectivity index (χ1n) is 17.8. The Hall–Kier alpha value is -6.16. The van der Waals surface area contributed by atoms with E-state index in [0.29, 0.717) is 5.13 Å². The minimum atomic E-state index is -1.65. The topological polar surface area (TPSA) is 208 Å². The number of aliphatic carboxylic acids is 1. The van der Waals surface area contributed by atoms with E-state index in [9.17, 15) is 24.3 Å². The van der Waals surface area contributed by atoms with Crippen molar-refractivity contribution >= 4 is 57.7 Å². The standard InChI is InChI=1S/C40H40N8O7S2/c1-38(2,3)54-36(53)39(4,5)55-46-29(32(49)44-30-33(50)48-31(35(51)52)24(21-42-47-41)22-56-34(30)48)28-23-57-37(43-28)45-40(25-15-9-6-10-16-25,26-17-11-7-12-18-26)27-19-13-8-14-20-27/h6-20,23,30,34H,21-22H2,1-5H3,(H,43,45)(H,44,49)(H,51,52)/b46-29+/t30?,34-/m1/s1. The Morgan fingerprint density at radius 1 is 0.947 bits per heavy atom. The van der Waals surface area contributed by atoms with Gasteiger partial charge in [-0.1, -0.05) is 101 Å². The number of oxime groups is 1. The molecule has 1 unspecified atom stereocenters. The van der Waals surface area contributed by atoms with E-state index in [4.69, 9.17) is 20.1 Å². The Kier molecular flexibility index (Phi) is 11.7. The molecule has 4 aromatic rings. The van der Waals surface area contributed by atoms with Crippen LogP contribution in [0, 0.1) is 0 Å². The number of fused-ring (bicyclic) bond motifs is 1. The first-order valence-corrected chi connectivity index (χ1v) is 19.7. The molecule has 3 aromatic carbocycles. The lowest BCUT2D eigenvalue weighted by molar-refractivity contribution is -0.179. The number of nitrogens with one attached hydrogen (secondary N) is 2. The number of carboxylic acids is 1. The summed E-state index contributed by atoms with van der Waals surface area (Å²) < 4.78 is 5.52. The van der Waals surface area contributed by atoms with Crippen LogP contribution in [0.3, 0.4) is 0 Å². The second kappa shape index (κ2) is 16.5. The number of nitrogens with zero attached hydrogens (tertiary/aromatic N) is 6. The van der Waals surface area contributed by atoms with Crippen molar-refractivity contribution in [1.29, 1.82) is 0 Å². The fourth-order valence-corrected chi connectivity index (χ4v) is 8.40. The molecule has 2 amide bonds. The van der Waals surface area contributed by atoms with Crippen LogP contribution in [-0.4, -0.2) is 79.4 Å². The average Bonchev–Trinajstić information content (AvgIpc) is 3.65. The van der Waals surface area contributed by atoms with Gasteiger partial charge in [-0.25, -0.2) is 14.6 Å². The Bertz CT molecular complexity index is 2170. The van der Waals surface area contributed by atoms with Gasteiger partial charge in [-0.05, 0) is 62.4 Å². The summed E-state index contributed by atoms with van der Waals surface area (Å²) in [4.78, 5) is 67.3. The van der Waals surface area contributed by atoms with Crippen LogP contribution in [0.4, 0.5) is 5.13 Å². The molecule has 2 atom stereocenters. The zero-order valence-electron chi connectivity index (χ0n) is 31.7. The first kappa shape index (κ1) is 40.5. The molecule has 0 spiro atoms. The number of amides is 2. The van der Waals surface area contributed by atoms with Crippen LogP contribution in [0.25, 0.3) is 10.4 Å². The van der Waals surface area contributed by atoms with Crippen LogP contribution in [-0.2, 0) is 34.3 Å². The number of rotatable bonds is 14. The van der Waals surface area contributed by atoms with Gasteiger partial charge in [0, 0.05) is 16.0 Å². The highest BCUT2D eigenvalue weighted by atomic mass is 32.2. The van der Waals surface area contributed by atoms with Crippen LogP contribution in [0.1, 0.15) is 57.0 Å². The van der Waals surface area contributed by atoms with E-state index in [1.165, 1.54) is 36.9 Å². The van der Waals surface area contributed by atoms with Gasteiger partial charge in [0.1, 0.15) is 33.9 Å². The molecule has 1 fully saturated rings. The molecule has 57 heavy (non-hydrogen) atoms. The molecule has 3 heterocycles. The van der Waals surface area contributed by atoms with Crippen molar-refractivity contribution in [2.45, 2.75) is 62.8 Å². The van der Waals surface area contributed by atoms with Crippen LogP contribution < -0.4 is 10.6 Å². The number of anilines is 1. The van der Waals surface area contributed by atoms with E-state index in [1.807, 2.05) is 91.0 Å². The van der Waals surface area contributed by atoms with Gasteiger partial charge >= 0.3 is 11.9 Å². The molecule has 17 heteroatoms. The van der Waals surface area contributed by atoms with Crippen LogP contribution in [0.5, 0.6) is 0 Å². The number of thiazole rings is 1. The minimum Gasteiger partial charge on any atom is -0.477 e. The Labute approximate surface area is 336 Å². The van der Waals surface area contributed by atoms with Gasteiger partial charge in [-0.3, -0.25) is 14.5 Å². The van der Waals surface area contributed by atoms with Crippen molar-refractivity contribution in [3.8, 4) is 0 Å². The van der Waals surface area contributed by atoms with Crippen LogP contribution in [0.2, 0.25) is 0 Å². The number of ether oxygens (including phenoxy) is 1. The van der Waals surface area contributed by atoms with Gasteiger partial charge in [0.2, 0.25) is 5.60 Å². The van der Waals surface area contributed by atoms with E-state index in [-0.39, 0.29) is 35.0 Å². The number of carboxylic acid groups (broad SMARTS) is 1. The molecular weight excluding hydrogens is 769 g/mol. The Balaban J connectivity index is 1.37. The SMILES string of the molecule is CC(C)(C)OC(=O)C(C)(C)O/N=C(/C(=O)NC1C(=O)N2C(C(=O)O)=C(CN=[N+]=[N-])CS[C@H]12)c1csc(NC(c2ccccc2)(c2ccccc2)c2ccccc2)n1. The van der Waals surface area contributed by atoms with Crippen LogP contribution in [0.15, 0.2) is 118 Å². The number of β-lactam (4-membered cyclic amide) rings is 1. The molecular formula is C40H40N8O7S2. The minimum absolute atomic E-state index is 0.0748. The molecule has 3 N–H and O–H groups in total. The van der Waals surface area contributed by atoms with Crippen molar-refractivity contribution in [2.75, 3.05) is 17.6 Å². The van der Waals surface area contributed by atoms with Gasteiger partial charge in [0.25, 0.3) is 11.8 Å². The molecule has 2 aliphatic heterocycles. The number of hydrogen-bond acceptors (Lipinski definition) is 12. The maximum atomic E-state index is 14.2. The predicted octanol–water partition coefficient (Wildman–Crippen LogP) is 6.44. The molecule has 294 valence electrons.